The summed E-state index contributed by atoms with van der Waals surface area (Å²) in [6.45, 7) is 6.01. The highest BCUT2D eigenvalue weighted by Gasteiger charge is 2.11. The lowest BCUT2D eigenvalue weighted by atomic mass is 10.1. The number of aromatic amines is 1. The molecule has 0 unspecified atom stereocenters. The van der Waals surface area contributed by atoms with Crippen LogP contribution in [0.1, 0.15) is 40.5 Å². The minimum atomic E-state index is -0.115. The molecular weight excluding hydrogens is 238 g/mol. The van der Waals surface area contributed by atoms with Crippen molar-refractivity contribution in [3.63, 3.8) is 0 Å². The molecule has 1 aromatic carbocycles. The molecule has 1 amide bonds. The highest BCUT2D eigenvalue weighted by Crippen LogP contribution is 2.14. The summed E-state index contributed by atoms with van der Waals surface area (Å²) in [6.07, 6.45) is 1.99. The van der Waals surface area contributed by atoms with Gasteiger partial charge in [0, 0.05) is 17.3 Å². The Hall–Kier alpha value is -2.10. The van der Waals surface area contributed by atoms with Crippen LogP contribution < -0.4 is 5.32 Å². The van der Waals surface area contributed by atoms with E-state index in [2.05, 4.69) is 22.4 Å². The quantitative estimate of drug-likeness (QED) is 0.883. The van der Waals surface area contributed by atoms with Gasteiger partial charge in [-0.05, 0) is 31.9 Å². The topological polar surface area (TPSA) is 57.8 Å². The van der Waals surface area contributed by atoms with Crippen LogP contribution in [0.25, 0.3) is 0 Å². The molecule has 1 heterocycles. The smallest absolute Gasteiger partial charge is 0.257 e. The summed E-state index contributed by atoms with van der Waals surface area (Å²) in [5.74, 6) is 0.463. The monoisotopic (exact) mass is 257 g/mol. The Balaban J connectivity index is 2.13. The first kappa shape index (κ1) is 13.3. The summed E-state index contributed by atoms with van der Waals surface area (Å²) >= 11 is 0. The number of nitrogens with one attached hydrogen (secondary N) is 2. The lowest BCUT2D eigenvalue weighted by Gasteiger charge is -2.06. The van der Waals surface area contributed by atoms with Crippen molar-refractivity contribution in [3.05, 3.63) is 46.6 Å². The average Bonchev–Trinajstić information content (AvgIpc) is 2.80. The lowest BCUT2D eigenvalue weighted by molar-refractivity contribution is 0.102. The fourth-order valence-electron chi connectivity index (χ4n) is 1.99. The number of aromatic nitrogens is 2. The highest BCUT2D eigenvalue weighted by atomic mass is 16.1. The van der Waals surface area contributed by atoms with Gasteiger partial charge in [-0.25, -0.2) is 0 Å². The number of aryl methyl sites for hydroxylation is 3. The molecule has 4 heteroatoms. The van der Waals surface area contributed by atoms with Crippen LogP contribution in [-0.2, 0) is 6.42 Å². The molecule has 0 saturated carbocycles. The van der Waals surface area contributed by atoms with Crippen molar-refractivity contribution in [2.24, 2.45) is 0 Å². The molecule has 0 aliphatic rings. The molecule has 0 radical (unpaired) electrons. The Morgan fingerprint density at radius 1 is 1.32 bits per heavy atom. The highest BCUT2D eigenvalue weighted by molar-refractivity contribution is 6.04. The first-order valence-corrected chi connectivity index (χ1v) is 6.53. The number of carbonyl (C=O) groups is 1. The van der Waals surface area contributed by atoms with E-state index in [1.165, 1.54) is 0 Å². The van der Waals surface area contributed by atoms with Gasteiger partial charge in [-0.15, -0.1) is 0 Å². The van der Waals surface area contributed by atoms with Crippen LogP contribution in [0.4, 0.5) is 5.82 Å². The third-order valence-electron chi connectivity index (χ3n) is 3.03. The van der Waals surface area contributed by atoms with Gasteiger partial charge >= 0.3 is 0 Å². The molecule has 19 heavy (non-hydrogen) atoms. The van der Waals surface area contributed by atoms with Crippen molar-refractivity contribution < 1.29 is 4.79 Å². The Morgan fingerprint density at radius 2 is 2.11 bits per heavy atom. The summed E-state index contributed by atoms with van der Waals surface area (Å²) in [7, 11) is 0. The number of anilines is 1. The number of hydrogen-bond donors (Lipinski definition) is 2. The molecule has 1 aromatic heterocycles. The normalized spacial score (nSPS) is 10.5. The van der Waals surface area contributed by atoms with Crippen molar-refractivity contribution in [2.75, 3.05) is 5.32 Å². The number of amides is 1. The van der Waals surface area contributed by atoms with Gasteiger partial charge in [-0.1, -0.05) is 31.0 Å². The van der Waals surface area contributed by atoms with Crippen LogP contribution in [0.5, 0.6) is 0 Å². The maximum atomic E-state index is 12.2. The molecule has 0 fully saturated rings. The standard InChI is InChI=1S/C15H19N3O/c1-4-5-12-9-14(18-17-12)16-15(19)13-8-10(2)6-7-11(13)3/h6-9H,4-5H2,1-3H3,(H2,16,17,18,19). The third kappa shape index (κ3) is 3.22. The summed E-state index contributed by atoms with van der Waals surface area (Å²) < 4.78 is 0. The number of nitrogens with zero attached hydrogens (tertiary/aromatic N) is 1. The van der Waals surface area contributed by atoms with E-state index in [-0.39, 0.29) is 5.91 Å². The van der Waals surface area contributed by atoms with Gasteiger partial charge < -0.3 is 5.32 Å². The minimum Gasteiger partial charge on any atom is -0.305 e. The predicted octanol–water partition coefficient (Wildman–Crippen LogP) is 3.23. The average molecular weight is 257 g/mol. The van der Waals surface area contributed by atoms with Gasteiger partial charge in [0.15, 0.2) is 5.82 Å². The molecule has 2 rings (SSSR count). The first-order chi connectivity index (χ1) is 9.10. The molecule has 0 bridgehead atoms. The van der Waals surface area contributed by atoms with E-state index in [0.717, 1.165) is 29.7 Å². The van der Waals surface area contributed by atoms with Gasteiger partial charge in [0.1, 0.15) is 0 Å². The third-order valence-corrected chi connectivity index (χ3v) is 3.03. The van der Waals surface area contributed by atoms with Crippen molar-refractivity contribution in [2.45, 2.75) is 33.6 Å². The summed E-state index contributed by atoms with van der Waals surface area (Å²) in [4.78, 5) is 12.2. The van der Waals surface area contributed by atoms with Gasteiger partial charge in [0.05, 0.1) is 0 Å². The maximum absolute atomic E-state index is 12.2. The van der Waals surface area contributed by atoms with Crippen LogP contribution in [-0.4, -0.2) is 16.1 Å². The van der Waals surface area contributed by atoms with E-state index >= 15 is 0 Å². The Kier molecular flexibility index (Phi) is 4.00. The van der Waals surface area contributed by atoms with E-state index in [1.54, 1.807) is 0 Å². The molecule has 0 aliphatic carbocycles. The number of H-pyrrole nitrogens is 1. The zero-order valence-electron chi connectivity index (χ0n) is 11.6. The van der Waals surface area contributed by atoms with Gasteiger partial charge in [0.25, 0.3) is 5.91 Å². The molecule has 2 N–H and O–H groups in total. The van der Waals surface area contributed by atoms with Crippen molar-refractivity contribution in [1.82, 2.24) is 10.2 Å². The van der Waals surface area contributed by atoms with Crippen LogP contribution in [0.2, 0.25) is 0 Å². The van der Waals surface area contributed by atoms with Crippen LogP contribution in [0.15, 0.2) is 24.3 Å². The molecular formula is C15H19N3O. The lowest BCUT2D eigenvalue weighted by Crippen LogP contribution is -2.13. The molecule has 0 aliphatic heterocycles. The van der Waals surface area contributed by atoms with Crippen molar-refractivity contribution in [1.29, 1.82) is 0 Å². The zero-order valence-corrected chi connectivity index (χ0v) is 11.6. The van der Waals surface area contributed by atoms with E-state index in [0.29, 0.717) is 11.4 Å². The van der Waals surface area contributed by atoms with E-state index < -0.39 is 0 Å². The molecule has 4 nitrogen and oxygen atoms in total. The predicted molar refractivity (Wildman–Crippen MR) is 76.5 cm³/mol. The maximum Gasteiger partial charge on any atom is 0.257 e. The summed E-state index contributed by atoms with van der Waals surface area (Å²) in [5, 5.41) is 9.84. The molecule has 0 saturated heterocycles. The number of carbonyl (C=O) groups excluding carboxylic acids is 1. The SMILES string of the molecule is CCCc1cc(NC(=O)c2cc(C)ccc2C)n[nH]1. The second kappa shape index (κ2) is 5.69. The number of hydrogen-bond acceptors (Lipinski definition) is 2. The van der Waals surface area contributed by atoms with Crippen LogP contribution in [0, 0.1) is 13.8 Å². The van der Waals surface area contributed by atoms with Gasteiger partial charge in [-0.3, -0.25) is 9.89 Å². The van der Waals surface area contributed by atoms with E-state index in [4.69, 9.17) is 0 Å². The molecule has 0 spiro atoms. The number of rotatable bonds is 4. The Labute approximate surface area is 113 Å². The molecule has 0 atom stereocenters. The van der Waals surface area contributed by atoms with Gasteiger partial charge in [-0.2, -0.15) is 5.10 Å². The molecule has 100 valence electrons. The van der Waals surface area contributed by atoms with E-state index in [9.17, 15) is 4.79 Å². The van der Waals surface area contributed by atoms with Crippen LogP contribution in [0.3, 0.4) is 0 Å². The fraction of sp³-hybridized carbons (Fsp3) is 0.333. The minimum absolute atomic E-state index is 0.115. The number of benzene rings is 1. The molecule has 2 aromatic rings. The first-order valence-electron chi connectivity index (χ1n) is 6.53. The van der Waals surface area contributed by atoms with Crippen molar-refractivity contribution >= 4 is 11.7 Å². The van der Waals surface area contributed by atoms with E-state index in [1.807, 2.05) is 38.1 Å². The van der Waals surface area contributed by atoms with Gasteiger partial charge in [0.2, 0.25) is 0 Å². The van der Waals surface area contributed by atoms with Crippen molar-refractivity contribution in [3.8, 4) is 0 Å². The van der Waals surface area contributed by atoms with Crippen LogP contribution >= 0.6 is 0 Å². The second-order valence-electron chi connectivity index (χ2n) is 4.80. The zero-order chi connectivity index (χ0) is 13.8. The Bertz CT molecular complexity index is 587. The fourth-order valence-corrected chi connectivity index (χ4v) is 1.99. The Morgan fingerprint density at radius 3 is 2.84 bits per heavy atom. The summed E-state index contributed by atoms with van der Waals surface area (Å²) in [6, 6.07) is 7.73. The largest absolute Gasteiger partial charge is 0.305 e. The summed E-state index contributed by atoms with van der Waals surface area (Å²) in [5.41, 5.74) is 3.77. The second-order valence-corrected chi connectivity index (χ2v) is 4.80.